The van der Waals surface area contributed by atoms with Gasteiger partial charge in [0.15, 0.2) is 9.84 Å². The van der Waals surface area contributed by atoms with Crippen LogP contribution in [0.3, 0.4) is 0 Å². The molecule has 0 saturated heterocycles. The van der Waals surface area contributed by atoms with Crippen molar-refractivity contribution in [1.29, 1.82) is 0 Å². The van der Waals surface area contributed by atoms with Crippen LogP contribution in [0.2, 0.25) is 0 Å². The SMILES string of the molecule is CCC(C)(NC(=O)Cn1c(CS(C)(=O)=O)nc2ccccc21)C(=O)O. The van der Waals surface area contributed by atoms with E-state index in [1.165, 1.54) is 11.5 Å². The van der Waals surface area contributed by atoms with E-state index in [4.69, 9.17) is 0 Å². The average molecular weight is 367 g/mol. The fourth-order valence-electron chi connectivity index (χ4n) is 2.43. The molecule has 2 rings (SSSR count). The van der Waals surface area contributed by atoms with E-state index in [-0.39, 0.29) is 24.5 Å². The summed E-state index contributed by atoms with van der Waals surface area (Å²) >= 11 is 0. The number of nitrogens with zero attached hydrogens (tertiary/aromatic N) is 2. The Labute approximate surface area is 145 Å². The third-order valence-electron chi connectivity index (χ3n) is 4.02. The summed E-state index contributed by atoms with van der Waals surface area (Å²) in [4.78, 5) is 28.0. The second-order valence-electron chi connectivity index (χ2n) is 6.21. The van der Waals surface area contributed by atoms with Crippen LogP contribution in [0, 0.1) is 0 Å². The van der Waals surface area contributed by atoms with Gasteiger partial charge in [0.2, 0.25) is 5.91 Å². The molecule has 0 fully saturated rings. The van der Waals surface area contributed by atoms with Gasteiger partial charge in [-0.25, -0.2) is 18.2 Å². The topological polar surface area (TPSA) is 118 Å². The Kier molecular flexibility index (Phi) is 5.17. The third kappa shape index (κ3) is 4.36. The maximum Gasteiger partial charge on any atom is 0.329 e. The van der Waals surface area contributed by atoms with Gasteiger partial charge in [0.1, 0.15) is 23.7 Å². The summed E-state index contributed by atoms with van der Waals surface area (Å²) in [6, 6.07) is 6.99. The maximum atomic E-state index is 12.4. The largest absolute Gasteiger partial charge is 0.480 e. The minimum atomic E-state index is -3.35. The van der Waals surface area contributed by atoms with Gasteiger partial charge in [0.05, 0.1) is 11.0 Å². The van der Waals surface area contributed by atoms with E-state index in [9.17, 15) is 23.1 Å². The molecule has 9 heteroatoms. The van der Waals surface area contributed by atoms with Crippen molar-refractivity contribution in [2.75, 3.05) is 6.26 Å². The molecule has 0 aliphatic carbocycles. The van der Waals surface area contributed by atoms with E-state index >= 15 is 0 Å². The zero-order valence-corrected chi connectivity index (χ0v) is 15.1. The molecule has 0 aliphatic rings. The number of hydrogen-bond acceptors (Lipinski definition) is 5. The lowest BCUT2D eigenvalue weighted by Gasteiger charge is -2.25. The van der Waals surface area contributed by atoms with Gasteiger partial charge in [-0.3, -0.25) is 4.79 Å². The molecule has 1 aromatic heterocycles. The summed E-state index contributed by atoms with van der Waals surface area (Å²) in [5.74, 6) is -1.72. The normalized spacial score (nSPS) is 14.2. The van der Waals surface area contributed by atoms with Gasteiger partial charge in [0.25, 0.3) is 0 Å². The lowest BCUT2D eigenvalue weighted by Crippen LogP contribution is -2.52. The number of sulfone groups is 1. The van der Waals surface area contributed by atoms with Crippen molar-refractivity contribution in [3.63, 3.8) is 0 Å². The van der Waals surface area contributed by atoms with E-state index in [2.05, 4.69) is 10.3 Å². The highest BCUT2D eigenvalue weighted by atomic mass is 32.2. The second kappa shape index (κ2) is 6.83. The number of carbonyl (C=O) groups is 2. The Hall–Kier alpha value is -2.42. The van der Waals surface area contributed by atoms with Crippen LogP contribution in [0.4, 0.5) is 0 Å². The highest BCUT2D eigenvalue weighted by Gasteiger charge is 2.33. The monoisotopic (exact) mass is 367 g/mol. The van der Waals surface area contributed by atoms with Crippen molar-refractivity contribution in [3.05, 3.63) is 30.1 Å². The van der Waals surface area contributed by atoms with Gasteiger partial charge < -0.3 is 15.0 Å². The van der Waals surface area contributed by atoms with E-state index in [1.807, 2.05) is 0 Å². The van der Waals surface area contributed by atoms with Gasteiger partial charge in [-0.05, 0) is 25.5 Å². The minimum Gasteiger partial charge on any atom is -0.480 e. The first-order valence-corrected chi connectivity index (χ1v) is 9.78. The number of para-hydroxylation sites is 2. The second-order valence-corrected chi connectivity index (χ2v) is 8.35. The molecule has 1 heterocycles. The van der Waals surface area contributed by atoms with Crippen LogP contribution in [0.15, 0.2) is 24.3 Å². The van der Waals surface area contributed by atoms with Crippen molar-refractivity contribution in [3.8, 4) is 0 Å². The smallest absolute Gasteiger partial charge is 0.329 e. The first kappa shape index (κ1) is 18.9. The summed E-state index contributed by atoms with van der Waals surface area (Å²) in [5.41, 5.74) is -0.194. The lowest BCUT2D eigenvalue weighted by atomic mass is 9.99. The van der Waals surface area contributed by atoms with E-state index in [0.717, 1.165) is 6.26 Å². The number of carboxylic acids is 1. The molecule has 8 nitrogen and oxygen atoms in total. The summed E-state index contributed by atoms with van der Waals surface area (Å²) in [5, 5.41) is 11.8. The molecule has 0 aliphatic heterocycles. The molecule has 1 amide bonds. The van der Waals surface area contributed by atoms with Crippen molar-refractivity contribution >= 4 is 32.7 Å². The van der Waals surface area contributed by atoms with E-state index in [1.54, 1.807) is 31.2 Å². The number of benzene rings is 1. The molecule has 1 aromatic carbocycles. The van der Waals surface area contributed by atoms with Gasteiger partial charge in [0, 0.05) is 6.26 Å². The van der Waals surface area contributed by atoms with Crippen molar-refractivity contribution in [2.45, 2.75) is 38.1 Å². The highest BCUT2D eigenvalue weighted by Crippen LogP contribution is 2.18. The van der Waals surface area contributed by atoms with Gasteiger partial charge in [-0.1, -0.05) is 19.1 Å². The number of nitrogens with one attached hydrogen (secondary N) is 1. The van der Waals surface area contributed by atoms with Crippen molar-refractivity contribution in [1.82, 2.24) is 14.9 Å². The number of aliphatic carboxylic acids is 1. The molecule has 136 valence electrons. The fourth-order valence-corrected chi connectivity index (χ4v) is 3.12. The molecule has 0 saturated carbocycles. The number of imidazole rings is 1. The standard InChI is InChI=1S/C16H21N3O5S/c1-4-16(2,15(21)22)18-14(20)9-19-12-8-6-5-7-11(12)17-13(19)10-25(3,23)24/h5-8H,4,9-10H2,1-3H3,(H,18,20)(H,21,22). The Morgan fingerprint density at radius 3 is 2.52 bits per heavy atom. The molecule has 0 radical (unpaired) electrons. The van der Waals surface area contributed by atoms with Gasteiger partial charge in [-0.2, -0.15) is 0 Å². The quantitative estimate of drug-likeness (QED) is 0.752. The summed E-state index contributed by atoms with van der Waals surface area (Å²) in [7, 11) is -3.35. The maximum absolute atomic E-state index is 12.4. The summed E-state index contributed by atoms with van der Waals surface area (Å²) in [6.07, 6.45) is 1.31. The van der Waals surface area contributed by atoms with Crippen LogP contribution in [0.5, 0.6) is 0 Å². The molecule has 1 atom stereocenters. The van der Waals surface area contributed by atoms with E-state index < -0.39 is 27.3 Å². The van der Waals surface area contributed by atoms with Crippen molar-refractivity contribution < 1.29 is 23.1 Å². The average Bonchev–Trinajstić information content (AvgIpc) is 2.82. The Balaban J connectivity index is 2.37. The van der Waals surface area contributed by atoms with E-state index in [0.29, 0.717) is 11.0 Å². The molecule has 0 bridgehead atoms. The Morgan fingerprint density at radius 1 is 1.32 bits per heavy atom. The van der Waals surface area contributed by atoms with Crippen LogP contribution in [0.25, 0.3) is 11.0 Å². The molecular formula is C16H21N3O5S. The number of rotatable bonds is 7. The van der Waals surface area contributed by atoms with Crippen LogP contribution >= 0.6 is 0 Å². The molecule has 2 N–H and O–H groups in total. The molecule has 1 unspecified atom stereocenters. The molecule has 2 aromatic rings. The molecule has 25 heavy (non-hydrogen) atoms. The van der Waals surface area contributed by atoms with Gasteiger partial charge in [-0.15, -0.1) is 0 Å². The number of amides is 1. The zero-order valence-electron chi connectivity index (χ0n) is 14.3. The van der Waals surface area contributed by atoms with Crippen LogP contribution in [0.1, 0.15) is 26.1 Å². The highest BCUT2D eigenvalue weighted by molar-refractivity contribution is 7.89. The van der Waals surface area contributed by atoms with Crippen LogP contribution in [-0.2, 0) is 31.7 Å². The Morgan fingerprint density at radius 2 is 1.96 bits per heavy atom. The predicted octanol–water partition coefficient (Wildman–Crippen LogP) is 0.950. The third-order valence-corrected chi connectivity index (χ3v) is 4.80. The lowest BCUT2D eigenvalue weighted by molar-refractivity contribution is -0.147. The number of carbonyl (C=O) groups excluding carboxylic acids is 1. The Bertz CT molecular complexity index is 919. The van der Waals surface area contributed by atoms with Gasteiger partial charge >= 0.3 is 5.97 Å². The first-order chi connectivity index (χ1) is 11.6. The number of fused-ring (bicyclic) bond motifs is 1. The first-order valence-electron chi connectivity index (χ1n) is 7.72. The minimum absolute atomic E-state index is 0.214. The fraction of sp³-hybridized carbons (Fsp3) is 0.438. The number of aromatic nitrogens is 2. The van der Waals surface area contributed by atoms with Crippen LogP contribution in [-0.4, -0.2) is 46.7 Å². The number of carboxylic acid groups (broad SMARTS) is 1. The van der Waals surface area contributed by atoms with Crippen LogP contribution < -0.4 is 5.32 Å². The predicted molar refractivity (Wildman–Crippen MR) is 92.8 cm³/mol. The zero-order chi connectivity index (χ0) is 18.8. The molecule has 0 spiro atoms. The number of hydrogen-bond donors (Lipinski definition) is 2. The summed E-state index contributed by atoms with van der Waals surface area (Å²) in [6.45, 7) is 2.88. The molecular weight excluding hydrogens is 346 g/mol. The van der Waals surface area contributed by atoms with Crippen molar-refractivity contribution in [2.24, 2.45) is 0 Å². The summed E-state index contributed by atoms with van der Waals surface area (Å²) < 4.78 is 24.8.